The van der Waals surface area contributed by atoms with E-state index in [1.807, 2.05) is 25.1 Å². The standard InChI is InChI=1S/C19H21N5O3/c1-4-27-19(26)16-11-15(21-23(16)3)18(25)20-17-8-9-24(22-17)12-14-7-5-6-13(2)10-14/h5-11H,4,12H2,1-3H3,(H,20,22,25). The van der Waals surface area contributed by atoms with Crippen molar-refractivity contribution in [1.82, 2.24) is 19.6 Å². The van der Waals surface area contributed by atoms with E-state index in [1.54, 1.807) is 30.9 Å². The molecule has 0 aliphatic rings. The Bertz CT molecular complexity index is 973. The minimum absolute atomic E-state index is 0.119. The minimum atomic E-state index is -0.519. The van der Waals surface area contributed by atoms with Crippen molar-refractivity contribution >= 4 is 17.7 Å². The van der Waals surface area contributed by atoms with Crippen LogP contribution in [0, 0.1) is 6.92 Å². The molecule has 0 spiro atoms. The van der Waals surface area contributed by atoms with Crippen LogP contribution < -0.4 is 5.32 Å². The number of aromatic nitrogens is 4. The lowest BCUT2D eigenvalue weighted by atomic mass is 10.1. The van der Waals surface area contributed by atoms with Crippen LogP contribution in [0.15, 0.2) is 42.6 Å². The molecule has 0 atom stereocenters. The van der Waals surface area contributed by atoms with Crippen molar-refractivity contribution in [3.63, 3.8) is 0 Å². The third-order valence-electron chi connectivity index (χ3n) is 3.91. The number of esters is 1. The van der Waals surface area contributed by atoms with Crippen LogP contribution in [0.4, 0.5) is 5.82 Å². The van der Waals surface area contributed by atoms with Gasteiger partial charge in [-0.2, -0.15) is 10.2 Å². The molecule has 3 aromatic rings. The molecule has 0 bridgehead atoms. The van der Waals surface area contributed by atoms with Crippen molar-refractivity contribution in [2.45, 2.75) is 20.4 Å². The predicted octanol–water partition coefficient (Wildman–Crippen LogP) is 2.40. The van der Waals surface area contributed by atoms with Crippen molar-refractivity contribution < 1.29 is 14.3 Å². The fourth-order valence-electron chi connectivity index (χ4n) is 2.67. The molecule has 8 nitrogen and oxygen atoms in total. The third kappa shape index (κ3) is 4.41. The summed E-state index contributed by atoms with van der Waals surface area (Å²) in [4.78, 5) is 24.2. The first-order chi connectivity index (χ1) is 13.0. The monoisotopic (exact) mass is 367 g/mol. The first kappa shape index (κ1) is 18.4. The fraction of sp³-hybridized carbons (Fsp3) is 0.263. The molecule has 0 aliphatic heterocycles. The van der Waals surface area contributed by atoms with Gasteiger partial charge in [-0.3, -0.25) is 14.2 Å². The number of aryl methyl sites for hydroxylation is 2. The number of ether oxygens (including phenoxy) is 1. The summed E-state index contributed by atoms with van der Waals surface area (Å²) in [5.74, 6) is -0.549. The number of amides is 1. The van der Waals surface area contributed by atoms with E-state index >= 15 is 0 Å². The Morgan fingerprint density at radius 3 is 2.74 bits per heavy atom. The summed E-state index contributed by atoms with van der Waals surface area (Å²) < 4.78 is 8.01. The Labute approximate surface area is 156 Å². The van der Waals surface area contributed by atoms with Crippen LogP contribution in [0.2, 0.25) is 0 Å². The average Bonchev–Trinajstić information content (AvgIpc) is 3.21. The van der Waals surface area contributed by atoms with E-state index in [9.17, 15) is 9.59 Å². The van der Waals surface area contributed by atoms with Gasteiger partial charge >= 0.3 is 5.97 Å². The lowest BCUT2D eigenvalue weighted by Gasteiger charge is -2.03. The molecule has 0 radical (unpaired) electrons. The number of benzene rings is 1. The van der Waals surface area contributed by atoms with Gasteiger partial charge in [-0.05, 0) is 19.4 Å². The lowest BCUT2D eigenvalue weighted by Crippen LogP contribution is -2.14. The summed E-state index contributed by atoms with van der Waals surface area (Å²) in [5, 5.41) is 11.1. The Kier molecular flexibility index (Phi) is 5.35. The van der Waals surface area contributed by atoms with E-state index in [-0.39, 0.29) is 18.0 Å². The van der Waals surface area contributed by atoms with E-state index in [4.69, 9.17) is 4.74 Å². The van der Waals surface area contributed by atoms with Crippen molar-refractivity contribution in [2.24, 2.45) is 7.05 Å². The second-order valence-electron chi connectivity index (χ2n) is 6.10. The first-order valence-corrected chi connectivity index (χ1v) is 8.57. The van der Waals surface area contributed by atoms with E-state index in [2.05, 4.69) is 21.6 Å². The zero-order valence-corrected chi connectivity index (χ0v) is 15.5. The highest BCUT2D eigenvalue weighted by Crippen LogP contribution is 2.11. The second kappa shape index (κ2) is 7.86. The van der Waals surface area contributed by atoms with E-state index in [0.717, 1.165) is 5.56 Å². The minimum Gasteiger partial charge on any atom is -0.461 e. The van der Waals surface area contributed by atoms with E-state index in [0.29, 0.717) is 12.4 Å². The summed E-state index contributed by atoms with van der Waals surface area (Å²) >= 11 is 0. The van der Waals surface area contributed by atoms with Gasteiger partial charge in [0.2, 0.25) is 0 Å². The molecule has 0 fully saturated rings. The van der Waals surface area contributed by atoms with Crippen molar-refractivity contribution in [1.29, 1.82) is 0 Å². The molecule has 1 N–H and O–H groups in total. The zero-order valence-electron chi connectivity index (χ0n) is 15.5. The number of rotatable bonds is 6. The third-order valence-corrected chi connectivity index (χ3v) is 3.91. The Balaban J connectivity index is 1.67. The van der Waals surface area contributed by atoms with Gasteiger partial charge in [0.1, 0.15) is 5.69 Å². The number of nitrogens with zero attached hydrogens (tertiary/aromatic N) is 4. The van der Waals surface area contributed by atoms with Crippen LogP contribution >= 0.6 is 0 Å². The van der Waals surface area contributed by atoms with Crippen molar-refractivity contribution in [3.05, 3.63) is 65.1 Å². The quantitative estimate of drug-likeness (QED) is 0.676. The molecule has 1 amide bonds. The highest BCUT2D eigenvalue weighted by atomic mass is 16.5. The molecule has 27 heavy (non-hydrogen) atoms. The van der Waals surface area contributed by atoms with Crippen LogP contribution in [0.3, 0.4) is 0 Å². The maximum absolute atomic E-state index is 12.4. The van der Waals surface area contributed by atoms with Gasteiger partial charge in [-0.15, -0.1) is 0 Å². The lowest BCUT2D eigenvalue weighted by molar-refractivity contribution is 0.0513. The van der Waals surface area contributed by atoms with Gasteiger partial charge < -0.3 is 10.1 Å². The van der Waals surface area contributed by atoms with Crippen LogP contribution in [-0.4, -0.2) is 38.0 Å². The van der Waals surface area contributed by atoms with Crippen molar-refractivity contribution in [2.75, 3.05) is 11.9 Å². The normalized spacial score (nSPS) is 10.6. The molecule has 8 heteroatoms. The van der Waals surface area contributed by atoms with Crippen molar-refractivity contribution in [3.8, 4) is 0 Å². The van der Waals surface area contributed by atoms with Gasteiger partial charge in [0.15, 0.2) is 11.5 Å². The second-order valence-corrected chi connectivity index (χ2v) is 6.10. The number of nitrogens with one attached hydrogen (secondary N) is 1. The van der Waals surface area contributed by atoms with Gasteiger partial charge in [-0.1, -0.05) is 29.8 Å². The maximum Gasteiger partial charge on any atom is 0.356 e. The topological polar surface area (TPSA) is 91.0 Å². The molecular weight excluding hydrogens is 346 g/mol. The summed E-state index contributed by atoms with van der Waals surface area (Å²) in [6.07, 6.45) is 1.79. The number of hydrogen-bond donors (Lipinski definition) is 1. The molecule has 0 saturated carbocycles. The molecule has 2 heterocycles. The highest BCUT2D eigenvalue weighted by Gasteiger charge is 2.19. The number of carbonyl (C=O) groups is 2. The van der Waals surface area contributed by atoms with Gasteiger partial charge in [0, 0.05) is 25.4 Å². The predicted molar refractivity (Wildman–Crippen MR) is 99.6 cm³/mol. The number of carbonyl (C=O) groups excluding carboxylic acids is 2. The van der Waals surface area contributed by atoms with E-state index in [1.165, 1.54) is 16.3 Å². The summed E-state index contributed by atoms with van der Waals surface area (Å²) in [6.45, 7) is 4.61. The van der Waals surface area contributed by atoms with E-state index < -0.39 is 11.9 Å². The molecule has 0 aliphatic carbocycles. The van der Waals surface area contributed by atoms with Gasteiger partial charge in [-0.25, -0.2) is 4.79 Å². The number of hydrogen-bond acceptors (Lipinski definition) is 5. The molecule has 140 valence electrons. The molecule has 0 saturated heterocycles. The molecular formula is C19H21N5O3. The average molecular weight is 367 g/mol. The molecule has 1 aromatic carbocycles. The molecule has 3 rings (SSSR count). The Morgan fingerprint density at radius 2 is 2.00 bits per heavy atom. The Hall–Kier alpha value is -3.42. The highest BCUT2D eigenvalue weighted by molar-refractivity contribution is 6.03. The molecule has 0 unspecified atom stereocenters. The van der Waals surface area contributed by atoms with Gasteiger partial charge in [0.05, 0.1) is 13.2 Å². The smallest absolute Gasteiger partial charge is 0.356 e. The maximum atomic E-state index is 12.4. The van der Waals surface area contributed by atoms with Crippen LogP contribution in [0.25, 0.3) is 0 Å². The van der Waals surface area contributed by atoms with Crippen LogP contribution in [0.1, 0.15) is 39.0 Å². The SMILES string of the molecule is CCOC(=O)c1cc(C(=O)Nc2ccn(Cc3cccc(C)c3)n2)nn1C. The van der Waals surface area contributed by atoms with Gasteiger partial charge in [0.25, 0.3) is 5.91 Å². The first-order valence-electron chi connectivity index (χ1n) is 8.57. The Morgan fingerprint density at radius 1 is 1.19 bits per heavy atom. The largest absolute Gasteiger partial charge is 0.461 e. The summed E-state index contributed by atoms with van der Waals surface area (Å²) in [7, 11) is 1.58. The summed E-state index contributed by atoms with van der Waals surface area (Å²) in [5.41, 5.74) is 2.64. The van der Waals surface area contributed by atoms with Crippen LogP contribution in [0.5, 0.6) is 0 Å². The fourth-order valence-corrected chi connectivity index (χ4v) is 2.67. The molecule has 2 aromatic heterocycles. The zero-order chi connectivity index (χ0) is 19.4. The summed E-state index contributed by atoms with van der Waals surface area (Å²) in [6, 6.07) is 11.3. The number of anilines is 1. The van der Waals surface area contributed by atoms with Crippen LogP contribution in [-0.2, 0) is 18.3 Å².